The van der Waals surface area contributed by atoms with E-state index in [0.29, 0.717) is 5.92 Å². The molecule has 0 aromatic heterocycles. The Morgan fingerprint density at radius 2 is 1.83 bits per heavy atom. The first kappa shape index (κ1) is 15.3. The Morgan fingerprint density at radius 1 is 1.17 bits per heavy atom. The number of carbonyl (C=O) groups excluding carboxylic acids is 1. The highest BCUT2D eigenvalue weighted by Gasteiger charge is 2.20. The number of carbonyl (C=O) groups is 1. The molecule has 18 heavy (non-hydrogen) atoms. The molecule has 106 valence electrons. The van der Waals surface area contributed by atoms with Crippen LogP contribution in [0.15, 0.2) is 0 Å². The Bertz CT molecular complexity index is 235. The third-order valence-electron chi connectivity index (χ3n) is 3.40. The third-order valence-corrected chi connectivity index (χ3v) is 3.40. The maximum atomic E-state index is 11.9. The van der Waals surface area contributed by atoms with E-state index in [2.05, 4.69) is 31.0 Å². The summed E-state index contributed by atoms with van der Waals surface area (Å²) in [6.45, 7) is 12.2. The largest absolute Gasteiger partial charge is 0.338 e. The minimum atomic E-state index is 0.108. The van der Waals surface area contributed by atoms with Crippen LogP contribution in [-0.2, 0) is 0 Å². The zero-order valence-electron chi connectivity index (χ0n) is 12.2. The molecule has 4 nitrogen and oxygen atoms in total. The molecule has 0 radical (unpaired) electrons. The molecule has 2 amide bonds. The van der Waals surface area contributed by atoms with Gasteiger partial charge in [-0.2, -0.15) is 0 Å². The standard InChI is InChI=1S/C14H29N3O/c1-4-5-6-7-16-8-10-17(11-9-16)14(18)15-12-13(2)3/h13H,4-12H2,1-3H3,(H,15,18). The number of hydrogen-bond donors (Lipinski definition) is 1. The number of amides is 2. The number of unbranched alkanes of at least 4 members (excludes halogenated alkanes) is 2. The van der Waals surface area contributed by atoms with Gasteiger partial charge in [-0.3, -0.25) is 4.90 Å². The van der Waals surface area contributed by atoms with Crippen LogP contribution in [-0.4, -0.2) is 55.1 Å². The van der Waals surface area contributed by atoms with Gasteiger partial charge in [0.05, 0.1) is 0 Å². The van der Waals surface area contributed by atoms with Crippen LogP contribution in [0.4, 0.5) is 4.79 Å². The van der Waals surface area contributed by atoms with Crippen molar-refractivity contribution in [2.24, 2.45) is 5.92 Å². The molecular weight excluding hydrogens is 226 g/mol. The fraction of sp³-hybridized carbons (Fsp3) is 0.929. The van der Waals surface area contributed by atoms with Crippen molar-refractivity contribution in [3.8, 4) is 0 Å². The summed E-state index contributed by atoms with van der Waals surface area (Å²) in [5, 5.41) is 2.99. The van der Waals surface area contributed by atoms with Gasteiger partial charge in [0.25, 0.3) is 0 Å². The van der Waals surface area contributed by atoms with Crippen molar-refractivity contribution in [1.29, 1.82) is 0 Å². The molecule has 1 aliphatic heterocycles. The summed E-state index contributed by atoms with van der Waals surface area (Å²) in [5.41, 5.74) is 0. The molecule has 0 bridgehead atoms. The first-order valence-electron chi connectivity index (χ1n) is 7.38. The van der Waals surface area contributed by atoms with E-state index in [-0.39, 0.29) is 6.03 Å². The lowest BCUT2D eigenvalue weighted by Gasteiger charge is -2.34. The van der Waals surface area contributed by atoms with Crippen LogP contribution in [0, 0.1) is 5.92 Å². The van der Waals surface area contributed by atoms with Gasteiger partial charge in [0.15, 0.2) is 0 Å². The van der Waals surface area contributed by atoms with Crippen LogP contribution in [0.25, 0.3) is 0 Å². The van der Waals surface area contributed by atoms with E-state index in [1.165, 1.54) is 25.8 Å². The van der Waals surface area contributed by atoms with Crippen molar-refractivity contribution in [2.75, 3.05) is 39.3 Å². The molecule has 0 spiro atoms. The quantitative estimate of drug-likeness (QED) is 0.738. The predicted octanol–water partition coefficient (Wildman–Crippen LogP) is 2.16. The zero-order chi connectivity index (χ0) is 13.4. The number of nitrogens with one attached hydrogen (secondary N) is 1. The second-order valence-corrected chi connectivity index (χ2v) is 5.62. The Morgan fingerprint density at radius 3 is 2.39 bits per heavy atom. The van der Waals surface area contributed by atoms with Crippen LogP contribution >= 0.6 is 0 Å². The van der Waals surface area contributed by atoms with Gasteiger partial charge in [0.2, 0.25) is 0 Å². The van der Waals surface area contributed by atoms with E-state index in [1.807, 2.05) is 4.90 Å². The molecule has 1 rings (SSSR count). The van der Waals surface area contributed by atoms with Crippen LogP contribution < -0.4 is 5.32 Å². The van der Waals surface area contributed by atoms with Crippen molar-refractivity contribution in [3.63, 3.8) is 0 Å². The second-order valence-electron chi connectivity index (χ2n) is 5.62. The predicted molar refractivity (Wildman–Crippen MR) is 75.8 cm³/mol. The molecule has 0 aliphatic carbocycles. The maximum Gasteiger partial charge on any atom is 0.317 e. The normalized spacial score (nSPS) is 17.2. The van der Waals surface area contributed by atoms with Crippen molar-refractivity contribution >= 4 is 6.03 Å². The lowest BCUT2D eigenvalue weighted by atomic mass is 10.2. The third kappa shape index (κ3) is 5.71. The van der Waals surface area contributed by atoms with Crippen LogP contribution in [0.3, 0.4) is 0 Å². The van der Waals surface area contributed by atoms with Gasteiger partial charge in [0, 0.05) is 32.7 Å². The molecule has 0 saturated carbocycles. The summed E-state index contributed by atoms with van der Waals surface area (Å²) in [4.78, 5) is 16.3. The summed E-state index contributed by atoms with van der Waals surface area (Å²) in [5.74, 6) is 0.518. The summed E-state index contributed by atoms with van der Waals surface area (Å²) in [6, 6.07) is 0.108. The van der Waals surface area contributed by atoms with Gasteiger partial charge < -0.3 is 10.2 Å². The second kappa shape index (κ2) is 8.35. The van der Waals surface area contributed by atoms with Gasteiger partial charge in [-0.05, 0) is 18.9 Å². The molecule has 4 heteroatoms. The molecular formula is C14H29N3O. The van der Waals surface area contributed by atoms with Crippen molar-refractivity contribution in [2.45, 2.75) is 40.0 Å². The highest BCUT2D eigenvalue weighted by Crippen LogP contribution is 2.05. The molecule has 1 aliphatic rings. The summed E-state index contributed by atoms with van der Waals surface area (Å²) in [6.07, 6.45) is 3.88. The van der Waals surface area contributed by atoms with Crippen molar-refractivity contribution in [3.05, 3.63) is 0 Å². The Kier molecular flexibility index (Phi) is 7.09. The van der Waals surface area contributed by atoms with Crippen molar-refractivity contribution in [1.82, 2.24) is 15.1 Å². The maximum absolute atomic E-state index is 11.9. The molecule has 1 fully saturated rings. The molecule has 0 unspecified atom stereocenters. The van der Waals surface area contributed by atoms with E-state index in [0.717, 1.165) is 32.7 Å². The van der Waals surface area contributed by atoms with E-state index in [4.69, 9.17) is 0 Å². The monoisotopic (exact) mass is 255 g/mol. The Labute approximate surface area is 112 Å². The highest BCUT2D eigenvalue weighted by atomic mass is 16.2. The summed E-state index contributed by atoms with van der Waals surface area (Å²) < 4.78 is 0. The first-order valence-corrected chi connectivity index (χ1v) is 7.38. The smallest absolute Gasteiger partial charge is 0.317 e. The van der Waals surface area contributed by atoms with Gasteiger partial charge >= 0.3 is 6.03 Å². The average Bonchev–Trinajstić information content (AvgIpc) is 2.37. The highest BCUT2D eigenvalue weighted by molar-refractivity contribution is 5.74. The van der Waals surface area contributed by atoms with E-state index in [1.54, 1.807) is 0 Å². The molecule has 0 atom stereocenters. The Balaban J connectivity index is 2.16. The van der Waals surface area contributed by atoms with Gasteiger partial charge in [-0.1, -0.05) is 33.6 Å². The molecule has 1 saturated heterocycles. The molecule has 1 N–H and O–H groups in total. The number of nitrogens with zero attached hydrogens (tertiary/aromatic N) is 2. The van der Waals surface area contributed by atoms with Gasteiger partial charge in [-0.25, -0.2) is 4.79 Å². The molecule has 1 heterocycles. The number of rotatable bonds is 6. The number of piperazine rings is 1. The van der Waals surface area contributed by atoms with Crippen LogP contribution in [0.5, 0.6) is 0 Å². The topological polar surface area (TPSA) is 35.6 Å². The van der Waals surface area contributed by atoms with E-state index < -0.39 is 0 Å². The van der Waals surface area contributed by atoms with E-state index >= 15 is 0 Å². The lowest BCUT2D eigenvalue weighted by molar-refractivity contribution is 0.137. The minimum Gasteiger partial charge on any atom is -0.338 e. The molecule has 0 aromatic carbocycles. The summed E-state index contributed by atoms with van der Waals surface area (Å²) >= 11 is 0. The van der Waals surface area contributed by atoms with Gasteiger partial charge in [0.1, 0.15) is 0 Å². The SMILES string of the molecule is CCCCCN1CCN(C(=O)NCC(C)C)CC1. The van der Waals surface area contributed by atoms with E-state index in [9.17, 15) is 4.79 Å². The average molecular weight is 255 g/mol. The van der Waals surface area contributed by atoms with Gasteiger partial charge in [-0.15, -0.1) is 0 Å². The minimum absolute atomic E-state index is 0.108. The number of hydrogen-bond acceptors (Lipinski definition) is 2. The lowest BCUT2D eigenvalue weighted by Crippen LogP contribution is -2.52. The van der Waals surface area contributed by atoms with Crippen molar-refractivity contribution < 1.29 is 4.79 Å². The van der Waals surface area contributed by atoms with Crippen LogP contribution in [0.2, 0.25) is 0 Å². The molecule has 0 aromatic rings. The fourth-order valence-electron chi connectivity index (χ4n) is 2.16. The summed E-state index contributed by atoms with van der Waals surface area (Å²) in [7, 11) is 0. The van der Waals surface area contributed by atoms with Crippen LogP contribution in [0.1, 0.15) is 40.0 Å². The first-order chi connectivity index (χ1) is 8.63. The number of urea groups is 1. The Hall–Kier alpha value is -0.770. The fourth-order valence-corrected chi connectivity index (χ4v) is 2.16. The zero-order valence-corrected chi connectivity index (χ0v) is 12.2.